The first-order chi connectivity index (χ1) is 18.0. The van der Waals surface area contributed by atoms with Crippen molar-refractivity contribution in [3.05, 3.63) is 39.7 Å². The highest BCUT2D eigenvalue weighted by molar-refractivity contribution is 7.15. The Morgan fingerprint density at radius 1 is 1.08 bits per heavy atom. The normalized spacial score (nSPS) is 23.7. The summed E-state index contributed by atoms with van der Waals surface area (Å²) >= 11 is 1.17. The first kappa shape index (κ1) is 28.2. The Labute approximate surface area is 230 Å². The van der Waals surface area contributed by atoms with Crippen molar-refractivity contribution in [2.24, 2.45) is 17.3 Å². The summed E-state index contributed by atoms with van der Waals surface area (Å²) < 4.78 is 6.16. The number of hydrogen-bond donors (Lipinski definition) is 1. The Morgan fingerprint density at radius 2 is 1.76 bits per heavy atom. The molecule has 2 aromatic heterocycles. The molecular weight excluding hydrogens is 496 g/mol. The van der Waals surface area contributed by atoms with E-state index in [0.717, 1.165) is 57.1 Å². The van der Waals surface area contributed by atoms with Gasteiger partial charge in [-0.25, -0.2) is 9.78 Å². The molecule has 0 saturated heterocycles. The van der Waals surface area contributed by atoms with Crippen LogP contribution < -0.4 is 9.64 Å². The number of nitrogens with zero attached hydrogens (tertiary/aromatic N) is 2. The molecule has 6 nitrogen and oxygen atoms in total. The molecule has 1 amide bonds. The zero-order valence-corrected chi connectivity index (χ0v) is 24.1. The number of aryl methyl sites for hydroxylation is 1. The third kappa shape index (κ3) is 7.17. The smallest absolute Gasteiger partial charge is 0.348 e. The lowest BCUT2D eigenvalue weighted by molar-refractivity contribution is -0.124. The summed E-state index contributed by atoms with van der Waals surface area (Å²) in [6.45, 7) is 10.3. The van der Waals surface area contributed by atoms with Gasteiger partial charge in [0.25, 0.3) is 0 Å². The SMILES string of the molecule is Cc1cccc(OC2CCC(N(C(=O)C3CCC(C)CC3)c3cc(C#CC(C)(C)C)sc3C(=O)O)CC2)n1. The fraction of sp³-hybridized carbons (Fsp3) is 0.581. The molecule has 2 fully saturated rings. The molecule has 2 aliphatic rings. The van der Waals surface area contributed by atoms with E-state index in [-0.39, 0.29) is 34.3 Å². The van der Waals surface area contributed by atoms with E-state index < -0.39 is 5.97 Å². The standard InChI is InChI=1S/C31H40N2O4S/c1-20-9-11-22(12-10-20)29(34)33(26-19-25(17-18-31(3,4)5)38-28(26)30(35)36)23-13-15-24(16-14-23)37-27-8-6-7-21(2)32-27/h6-8,19-20,22-24H,9-16H2,1-5H3,(H,35,36). The Kier molecular flexibility index (Phi) is 8.82. The molecule has 1 N–H and O–H groups in total. The molecule has 38 heavy (non-hydrogen) atoms. The number of aromatic carboxylic acids is 1. The van der Waals surface area contributed by atoms with Gasteiger partial charge < -0.3 is 14.7 Å². The van der Waals surface area contributed by atoms with Gasteiger partial charge in [-0.15, -0.1) is 11.3 Å². The van der Waals surface area contributed by atoms with Gasteiger partial charge in [0.15, 0.2) is 0 Å². The van der Waals surface area contributed by atoms with Crippen LogP contribution in [-0.2, 0) is 4.79 Å². The van der Waals surface area contributed by atoms with Crippen molar-refractivity contribution in [3.63, 3.8) is 0 Å². The van der Waals surface area contributed by atoms with E-state index in [1.165, 1.54) is 11.3 Å². The van der Waals surface area contributed by atoms with Crippen molar-refractivity contribution in [1.82, 2.24) is 4.98 Å². The van der Waals surface area contributed by atoms with Gasteiger partial charge >= 0.3 is 5.97 Å². The lowest BCUT2D eigenvalue weighted by Gasteiger charge is -2.39. The first-order valence-corrected chi connectivity index (χ1v) is 14.7. The fourth-order valence-electron chi connectivity index (χ4n) is 5.40. The molecule has 2 heterocycles. The van der Waals surface area contributed by atoms with E-state index in [9.17, 15) is 14.7 Å². The van der Waals surface area contributed by atoms with E-state index >= 15 is 0 Å². The van der Waals surface area contributed by atoms with Crippen LogP contribution in [0.25, 0.3) is 0 Å². The second-order valence-electron chi connectivity index (χ2n) is 12.0. The van der Waals surface area contributed by atoms with Crippen LogP contribution in [0.1, 0.15) is 99.3 Å². The molecule has 0 bridgehead atoms. The maximum Gasteiger partial charge on any atom is 0.348 e. The minimum absolute atomic E-state index is 0.0302. The number of rotatable bonds is 6. The highest BCUT2D eigenvalue weighted by Gasteiger charge is 2.37. The van der Waals surface area contributed by atoms with Gasteiger partial charge in [0.2, 0.25) is 11.8 Å². The van der Waals surface area contributed by atoms with Crippen molar-refractivity contribution in [2.75, 3.05) is 4.90 Å². The van der Waals surface area contributed by atoms with Gasteiger partial charge in [-0.1, -0.05) is 24.8 Å². The number of aromatic nitrogens is 1. The van der Waals surface area contributed by atoms with Gasteiger partial charge in [0.1, 0.15) is 11.0 Å². The third-order valence-corrected chi connectivity index (χ3v) is 8.52. The molecule has 0 atom stereocenters. The minimum atomic E-state index is -1.01. The van der Waals surface area contributed by atoms with Gasteiger partial charge in [0, 0.05) is 29.1 Å². The quantitative estimate of drug-likeness (QED) is 0.399. The Morgan fingerprint density at radius 3 is 2.37 bits per heavy atom. The van der Waals surface area contributed by atoms with Crippen molar-refractivity contribution in [2.45, 2.75) is 98.1 Å². The second kappa shape index (κ2) is 11.9. The first-order valence-electron chi connectivity index (χ1n) is 13.8. The number of thiophene rings is 1. The van der Waals surface area contributed by atoms with Crippen LogP contribution in [0.4, 0.5) is 5.69 Å². The molecule has 0 unspecified atom stereocenters. The average molecular weight is 537 g/mol. The van der Waals surface area contributed by atoms with Gasteiger partial charge in [-0.05, 0) is 97.1 Å². The van der Waals surface area contributed by atoms with Crippen LogP contribution in [0, 0.1) is 36.0 Å². The Bertz CT molecular complexity index is 1200. The molecule has 2 aromatic rings. The number of amides is 1. The number of pyridine rings is 1. The lowest BCUT2D eigenvalue weighted by atomic mass is 9.81. The zero-order chi connectivity index (χ0) is 27.4. The highest BCUT2D eigenvalue weighted by atomic mass is 32.1. The molecule has 4 rings (SSSR count). The van der Waals surface area contributed by atoms with Crippen molar-refractivity contribution >= 4 is 28.9 Å². The number of hydrogen-bond acceptors (Lipinski definition) is 5. The maximum absolute atomic E-state index is 14.1. The predicted molar refractivity (Wildman–Crippen MR) is 152 cm³/mol. The summed E-state index contributed by atoms with van der Waals surface area (Å²) in [4.78, 5) is 33.6. The van der Waals surface area contributed by atoms with Gasteiger partial charge in [-0.2, -0.15) is 0 Å². The van der Waals surface area contributed by atoms with Crippen LogP contribution in [0.2, 0.25) is 0 Å². The Balaban J connectivity index is 1.60. The summed E-state index contributed by atoms with van der Waals surface area (Å²) in [6.07, 6.45) is 6.89. The molecule has 0 spiro atoms. The van der Waals surface area contributed by atoms with Crippen LogP contribution in [0.3, 0.4) is 0 Å². The molecule has 0 radical (unpaired) electrons. The predicted octanol–water partition coefficient (Wildman–Crippen LogP) is 7.10. The number of carbonyl (C=O) groups is 2. The van der Waals surface area contributed by atoms with Crippen molar-refractivity contribution in [3.8, 4) is 17.7 Å². The summed E-state index contributed by atoms with van der Waals surface area (Å²) in [5.41, 5.74) is 1.22. The van der Waals surface area contributed by atoms with E-state index in [1.807, 2.05) is 56.9 Å². The highest BCUT2D eigenvalue weighted by Crippen LogP contribution is 2.39. The van der Waals surface area contributed by atoms with E-state index in [2.05, 4.69) is 23.7 Å². The summed E-state index contributed by atoms with van der Waals surface area (Å²) in [5, 5.41) is 10.1. The largest absolute Gasteiger partial charge is 0.477 e. The number of anilines is 1. The van der Waals surface area contributed by atoms with Gasteiger partial charge in [-0.3, -0.25) is 4.79 Å². The molecule has 2 aliphatic carbocycles. The second-order valence-corrected chi connectivity index (χ2v) is 13.0. The fourth-order valence-corrected chi connectivity index (χ4v) is 6.24. The van der Waals surface area contributed by atoms with Crippen LogP contribution in [0.15, 0.2) is 24.3 Å². The van der Waals surface area contributed by atoms with Crippen molar-refractivity contribution in [1.29, 1.82) is 0 Å². The third-order valence-electron chi connectivity index (χ3n) is 7.49. The van der Waals surface area contributed by atoms with E-state index in [1.54, 1.807) is 0 Å². The minimum Gasteiger partial charge on any atom is -0.477 e. The topological polar surface area (TPSA) is 79.7 Å². The molecule has 204 valence electrons. The van der Waals surface area contributed by atoms with Gasteiger partial charge in [0.05, 0.1) is 10.6 Å². The van der Waals surface area contributed by atoms with Crippen LogP contribution in [-0.4, -0.2) is 34.1 Å². The molecule has 0 aliphatic heterocycles. The monoisotopic (exact) mass is 536 g/mol. The summed E-state index contributed by atoms with van der Waals surface area (Å²) in [6, 6.07) is 7.53. The molecule has 0 aromatic carbocycles. The average Bonchev–Trinajstić information content (AvgIpc) is 3.28. The molecule has 2 saturated carbocycles. The number of ether oxygens (including phenoxy) is 1. The van der Waals surface area contributed by atoms with Crippen molar-refractivity contribution < 1.29 is 19.4 Å². The maximum atomic E-state index is 14.1. The summed E-state index contributed by atoms with van der Waals surface area (Å²) in [5.74, 6) is 6.62. The van der Waals surface area contributed by atoms with Crippen LogP contribution in [0.5, 0.6) is 5.88 Å². The molecule has 7 heteroatoms. The van der Waals surface area contributed by atoms with Crippen LogP contribution >= 0.6 is 11.3 Å². The summed E-state index contributed by atoms with van der Waals surface area (Å²) in [7, 11) is 0. The molecular formula is C31H40N2O4S. The van der Waals surface area contributed by atoms with E-state index in [4.69, 9.17) is 4.74 Å². The Hall–Kier alpha value is -2.85. The zero-order valence-electron chi connectivity index (χ0n) is 23.3. The number of carboxylic acids is 1. The number of carboxylic acid groups (broad SMARTS) is 1. The number of carbonyl (C=O) groups excluding carboxylic acids is 1. The van der Waals surface area contributed by atoms with E-state index in [0.29, 0.717) is 22.4 Å². The lowest BCUT2D eigenvalue weighted by Crippen LogP contribution is -2.47.